The van der Waals surface area contributed by atoms with Crippen molar-refractivity contribution in [2.24, 2.45) is 11.8 Å². The Morgan fingerprint density at radius 3 is 2.19 bits per heavy atom. The van der Waals surface area contributed by atoms with E-state index in [4.69, 9.17) is 14.2 Å². The number of fused-ring (bicyclic) bond motifs is 1. The zero-order chi connectivity index (χ0) is 17.9. The van der Waals surface area contributed by atoms with Gasteiger partial charge in [-0.2, -0.15) is 0 Å². The summed E-state index contributed by atoms with van der Waals surface area (Å²) >= 11 is 0. The lowest BCUT2D eigenvalue weighted by Gasteiger charge is -2.24. The Morgan fingerprint density at radius 2 is 1.58 bits per heavy atom. The fraction of sp³-hybridized carbons (Fsp3) is 0.409. The Labute approximate surface area is 154 Å². The predicted molar refractivity (Wildman–Crippen MR) is 97.4 cm³/mol. The molecule has 1 saturated heterocycles. The van der Waals surface area contributed by atoms with E-state index in [2.05, 4.69) is 0 Å². The number of carbonyl (C=O) groups is 1. The van der Waals surface area contributed by atoms with E-state index in [-0.39, 0.29) is 35.9 Å². The van der Waals surface area contributed by atoms with Crippen LogP contribution in [0.5, 0.6) is 0 Å². The second-order valence-electron chi connectivity index (χ2n) is 7.11. The number of ether oxygens (including phenoxy) is 3. The lowest BCUT2D eigenvalue weighted by Crippen LogP contribution is -2.35. The normalized spacial score (nSPS) is 29.3. The summed E-state index contributed by atoms with van der Waals surface area (Å²) in [5.74, 6) is 0.347. The van der Waals surface area contributed by atoms with Crippen LogP contribution in [0, 0.1) is 11.8 Å². The molecule has 0 amide bonds. The minimum Gasteiger partial charge on any atom is -0.374 e. The lowest BCUT2D eigenvalue weighted by molar-refractivity contribution is -0.126. The van der Waals surface area contributed by atoms with E-state index in [1.54, 1.807) is 6.92 Å². The highest BCUT2D eigenvalue weighted by Crippen LogP contribution is 2.53. The van der Waals surface area contributed by atoms with Gasteiger partial charge in [0, 0.05) is 5.92 Å². The monoisotopic (exact) mass is 352 g/mol. The molecular formula is C22H24O4. The Bertz CT molecular complexity index is 730. The molecule has 1 aliphatic heterocycles. The maximum absolute atomic E-state index is 11.8. The first-order chi connectivity index (χ1) is 12.7. The third-order valence-corrected chi connectivity index (χ3v) is 5.23. The quantitative estimate of drug-likeness (QED) is 0.730. The molecule has 2 fully saturated rings. The van der Waals surface area contributed by atoms with Crippen molar-refractivity contribution < 1.29 is 19.0 Å². The predicted octanol–water partition coefficient (Wildman–Crippen LogP) is 3.39. The highest BCUT2D eigenvalue weighted by atomic mass is 16.6. The van der Waals surface area contributed by atoms with Crippen molar-refractivity contribution in [2.75, 3.05) is 6.61 Å². The Balaban J connectivity index is 1.35. The van der Waals surface area contributed by atoms with Crippen molar-refractivity contribution in [1.82, 2.24) is 0 Å². The molecule has 0 aromatic heterocycles. The summed E-state index contributed by atoms with van der Waals surface area (Å²) in [5, 5.41) is 0. The van der Waals surface area contributed by atoms with Gasteiger partial charge in [-0.15, -0.1) is 0 Å². The van der Waals surface area contributed by atoms with E-state index in [1.807, 2.05) is 60.7 Å². The van der Waals surface area contributed by atoms with E-state index in [0.29, 0.717) is 19.8 Å². The Morgan fingerprint density at radius 1 is 0.962 bits per heavy atom. The number of benzene rings is 2. The van der Waals surface area contributed by atoms with Crippen molar-refractivity contribution >= 4 is 5.78 Å². The molecule has 2 aromatic carbocycles. The van der Waals surface area contributed by atoms with Gasteiger partial charge in [-0.3, -0.25) is 4.79 Å². The fourth-order valence-corrected chi connectivity index (χ4v) is 3.89. The first-order valence-corrected chi connectivity index (χ1v) is 9.17. The first-order valence-electron chi connectivity index (χ1n) is 9.17. The van der Waals surface area contributed by atoms with Gasteiger partial charge in [-0.25, -0.2) is 0 Å². The van der Waals surface area contributed by atoms with Crippen LogP contribution in [-0.2, 0) is 32.2 Å². The summed E-state index contributed by atoms with van der Waals surface area (Å²) in [6.45, 7) is 3.20. The fourth-order valence-electron chi connectivity index (χ4n) is 3.89. The summed E-state index contributed by atoms with van der Waals surface area (Å²) in [6.07, 6.45) is -0.212. The van der Waals surface area contributed by atoms with Crippen molar-refractivity contribution in [1.29, 1.82) is 0 Å². The average molecular weight is 352 g/mol. The van der Waals surface area contributed by atoms with Crippen LogP contribution in [-0.4, -0.2) is 30.7 Å². The van der Waals surface area contributed by atoms with Crippen molar-refractivity contribution in [3.63, 3.8) is 0 Å². The second kappa shape index (κ2) is 7.70. The van der Waals surface area contributed by atoms with Gasteiger partial charge >= 0.3 is 0 Å². The molecule has 0 radical (unpaired) electrons. The van der Waals surface area contributed by atoms with E-state index < -0.39 is 0 Å². The zero-order valence-corrected chi connectivity index (χ0v) is 14.9. The Kier molecular flexibility index (Phi) is 5.16. The van der Waals surface area contributed by atoms with Gasteiger partial charge in [0.05, 0.1) is 37.9 Å². The summed E-state index contributed by atoms with van der Waals surface area (Å²) in [6, 6.07) is 20.2. The van der Waals surface area contributed by atoms with E-state index in [9.17, 15) is 4.79 Å². The molecule has 0 N–H and O–H groups in total. The van der Waals surface area contributed by atoms with Crippen molar-refractivity contribution in [2.45, 2.75) is 38.4 Å². The standard InChI is InChI=1S/C22H24O4/c1-15(23)19-20-21(25-13-17-10-6-3-7-11-17)18(26-22(19)20)14-24-12-16-8-4-2-5-9-16/h2-11,18-22H,12-14H2,1H3/t18-,19-,20+,21+,22+/m1/s1. The molecule has 136 valence electrons. The smallest absolute Gasteiger partial charge is 0.135 e. The zero-order valence-electron chi connectivity index (χ0n) is 14.9. The van der Waals surface area contributed by atoms with Gasteiger partial charge in [-0.05, 0) is 18.1 Å². The van der Waals surface area contributed by atoms with Crippen molar-refractivity contribution in [3.05, 3.63) is 71.8 Å². The van der Waals surface area contributed by atoms with Gasteiger partial charge in [0.25, 0.3) is 0 Å². The third-order valence-electron chi connectivity index (χ3n) is 5.23. The van der Waals surface area contributed by atoms with Crippen LogP contribution in [0.3, 0.4) is 0 Å². The number of Topliss-reactive ketones (excluding diaryl/α,β-unsaturated/α-hetero) is 1. The molecule has 2 aromatic rings. The molecule has 0 spiro atoms. The number of ketones is 1. The molecule has 2 aliphatic rings. The first kappa shape index (κ1) is 17.4. The molecule has 4 rings (SSSR count). The van der Waals surface area contributed by atoms with Gasteiger partial charge in [-0.1, -0.05) is 60.7 Å². The van der Waals surface area contributed by atoms with E-state index in [0.717, 1.165) is 11.1 Å². The van der Waals surface area contributed by atoms with E-state index in [1.165, 1.54) is 0 Å². The Hall–Kier alpha value is -2.01. The van der Waals surface area contributed by atoms with Crippen LogP contribution in [0.2, 0.25) is 0 Å². The van der Waals surface area contributed by atoms with Crippen LogP contribution >= 0.6 is 0 Å². The molecule has 1 heterocycles. The van der Waals surface area contributed by atoms with Gasteiger partial charge < -0.3 is 14.2 Å². The van der Waals surface area contributed by atoms with Gasteiger partial charge in [0.2, 0.25) is 0 Å². The number of hydrogen-bond acceptors (Lipinski definition) is 4. The maximum Gasteiger partial charge on any atom is 0.135 e. The highest BCUT2D eigenvalue weighted by molar-refractivity contribution is 5.83. The number of hydrogen-bond donors (Lipinski definition) is 0. The summed E-state index contributed by atoms with van der Waals surface area (Å²) in [7, 11) is 0. The molecule has 4 nitrogen and oxygen atoms in total. The SMILES string of the molecule is CC(=O)[C@H]1[C@@H]2O[C@H](COCc3ccccc3)[C@H](OCc3ccccc3)[C@@H]21. The molecule has 1 saturated carbocycles. The van der Waals surface area contributed by atoms with E-state index >= 15 is 0 Å². The largest absolute Gasteiger partial charge is 0.374 e. The van der Waals surface area contributed by atoms with Crippen LogP contribution in [0.4, 0.5) is 0 Å². The summed E-state index contributed by atoms with van der Waals surface area (Å²) < 4.78 is 18.1. The molecule has 26 heavy (non-hydrogen) atoms. The minimum atomic E-state index is -0.118. The third kappa shape index (κ3) is 3.73. The average Bonchev–Trinajstić information content (AvgIpc) is 3.27. The van der Waals surface area contributed by atoms with Gasteiger partial charge in [0.15, 0.2) is 0 Å². The minimum absolute atomic E-state index is 0.00130. The molecule has 5 atom stereocenters. The second-order valence-corrected chi connectivity index (χ2v) is 7.11. The molecule has 0 unspecified atom stereocenters. The lowest BCUT2D eigenvalue weighted by atomic mass is 10.1. The number of rotatable bonds is 8. The van der Waals surface area contributed by atoms with Crippen LogP contribution in [0.25, 0.3) is 0 Å². The molecular weight excluding hydrogens is 328 g/mol. The van der Waals surface area contributed by atoms with Crippen LogP contribution in [0.15, 0.2) is 60.7 Å². The van der Waals surface area contributed by atoms with Crippen LogP contribution < -0.4 is 0 Å². The van der Waals surface area contributed by atoms with Crippen molar-refractivity contribution in [3.8, 4) is 0 Å². The maximum atomic E-state index is 11.8. The van der Waals surface area contributed by atoms with Crippen LogP contribution in [0.1, 0.15) is 18.1 Å². The molecule has 0 bridgehead atoms. The summed E-state index contributed by atoms with van der Waals surface area (Å²) in [5.41, 5.74) is 2.26. The van der Waals surface area contributed by atoms with Gasteiger partial charge in [0.1, 0.15) is 11.9 Å². The number of carbonyl (C=O) groups excluding carboxylic acids is 1. The molecule has 4 heteroatoms. The summed E-state index contributed by atoms with van der Waals surface area (Å²) in [4.78, 5) is 11.8. The highest BCUT2D eigenvalue weighted by Gasteiger charge is 2.66. The molecule has 1 aliphatic carbocycles. The topological polar surface area (TPSA) is 44.8 Å².